The molecule has 1 aliphatic heterocycles. The van der Waals surface area contributed by atoms with Crippen LogP contribution in [0.2, 0.25) is 0 Å². The largest absolute Gasteiger partial charge is 0.462 e. The quantitative estimate of drug-likeness (QED) is 0.243. The number of hydrogen-bond acceptors (Lipinski definition) is 3. The monoisotopic (exact) mass is 462 g/mol. The predicted octanol–water partition coefficient (Wildman–Crippen LogP) is 9.47. The van der Waals surface area contributed by atoms with Gasteiger partial charge in [0.05, 0.1) is 12.9 Å². The minimum absolute atomic E-state index is 0.0660. The average Bonchev–Trinajstić information content (AvgIpc) is 3.02. The van der Waals surface area contributed by atoms with Gasteiger partial charge >= 0.3 is 8.60 Å². The van der Waals surface area contributed by atoms with Crippen LogP contribution in [0.5, 0.6) is 5.75 Å². The zero-order valence-corrected chi connectivity index (χ0v) is 22.3. The fourth-order valence-corrected chi connectivity index (χ4v) is 5.33. The Kier molecular flexibility index (Phi) is 12.7. The Morgan fingerprint density at radius 3 is 2.00 bits per heavy atom. The van der Waals surface area contributed by atoms with E-state index in [4.69, 9.17) is 13.6 Å². The highest BCUT2D eigenvalue weighted by Crippen LogP contribution is 2.49. The molecule has 1 aromatic rings. The van der Waals surface area contributed by atoms with Crippen molar-refractivity contribution in [2.24, 2.45) is 5.41 Å². The van der Waals surface area contributed by atoms with E-state index in [0.29, 0.717) is 6.61 Å². The van der Waals surface area contributed by atoms with E-state index in [-0.39, 0.29) is 5.41 Å². The van der Waals surface area contributed by atoms with Crippen LogP contribution >= 0.6 is 8.60 Å². The first-order valence-corrected chi connectivity index (χ1v) is 14.3. The van der Waals surface area contributed by atoms with E-state index < -0.39 is 8.60 Å². The molecular weight excluding hydrogens is 415 g/mol. The summed E-state index contributed by atoms with van der Waals surface area (Å²) in [6, 6.07) is 4.77. The normalized spacial score (nSPS) is 20.7. The second-order valence-electron chi connectivity index (χ2n) is 9.37. The van der Waals surface area contributed by atoms with Gasteiger partial charge in [-0.1, -0.05) is 78.9 Å². The summed E-state index contributed by atoms with van der Waals surface area (Å²) in [4.78, 5) is 0. The Morgan fingerprint density at radius 1 is 0.844 bits per heavy atom. The molecule has 2 unspecified atom stereocenters. The van der Waals surface area contributed by atoms with Crippen LogP contribution in [-0.4, -0.2) is 6.61 Å². The Balaban J connectivity index is 2.26. The highest BCUT2D eigenvalue weighted by molar-refractivity contribution is 7.42. The van der Waals surface area contributed by atoms with Crippen molar-refractivity contribution >= 4 is 8.60 Å². The highest BCUT2D eigenvalue weighted by Gasteiger charge is 2.32. The lowest BCUT2D eigenvalue weighted by atomic mass is 9.81. The van der Waals surface area contributed by atoms with Crippen LogP contribution < -0.4 is 4.52 Å². The molecule has 0 aromatic heterocycles. The SMILES string of the molecule is CCCCc1cc(CCCC)c(OP2OC=CC(CC)(CCCC)CO2)c(CCCC)c1. The van der Waals surface area contributed by atoms with Crippen LogP contribution in [0.25, 0.3) is 0 Å². The number of unbranched alkanes of at least 4 members (excludes halogenated alkanes) is 4. The first kappa shape index (κ1) is 27.2. The summed E-state index contributed by atoms with van der Waals surface area (Å²) in [5.74, 6) is 1.03. The molecule has 0 saturated heterocycles. The summed E-state index contributed by atoms with van der Waals surface area (Å²) >= 11 is 0. The predicted molar refractivity (Wildman–Crippen MR) is 138 cm³/mol. The number of aryl methyl sites for hydroxylation is 3. The third kappa shape index (κ3) is 8.38. The van der Waals surface area contributed by atoms with E-state index in [1.54, 1.807) is 0 Å². The van der Waals surface area contributed by atoms with E-state index in [0.717, 1.165) is 37.9 Å². The van der Waals surface area contributed by atoms with Gasteiger partial charge in [-0.2, -0.15) is 0 Å². The Morgan fingerprint density at radius 2 is 1.44 bits per heavy atom. The van der Waals surface area contributed by atoms with Gasteiger partial charge in [-0.05, 0) is 74.1 Å². The van der Waals surface area contributed by atoms with Crippen LogP contribution in [0.3, 0.4) is 0 Å². The van der Waals surface area contributed by atoms with Crippen molar-refractivity contribution in [3.8, 4) is 5.75 Å². The highest BCUT2D eigenvalue weighted by atomic mass is 31.2. The fraction of sp³-hybridized carbons (Fsp3) is 0.714. The molecule has 1 aromatic carbocycles. The van der Waals surface area contributed by atoms with Gasteiger partial charge in [-0.15, -0.1) is 0 Å². The Bertz CT molecular complexity index is 658. The van der Waals surface area contributed by atoms with Crippen molar-refractivity contribution in [2.45, 2.75) is 118 Å². The summed E-state index contributed by atoms with van der Waals surface area (Å²) in [5, 5.41) is 0. The molecule has 2 atom stereocenters. The van der Waals surface area contributed by atoms with Crippen LogP contribution in [0.15, 0.2) is 24.5 Å². The molecule has 0 fully saturated rings. The number of rotatable bonds is 15. The molecule has 0 aliphatic carbocycles. The molecule has 0 saturated carbocycles. The zero-order valence-electron chi connectivity index (χ0n) is 21.4. The Labute approximate surface area is 199 Å². The second kappa shape index (κ2) is 15.0. The maximum Gasteiger partial charge on any atom is 0.462 e. The van der Waals surface area contributed by atoms with Crippen molar-refractivity contribution in [3.05, 3.63) is 41.2 Å². The molecular formula is C28H47O3P. The number of benzene rings is 1. The van der Waals surface area contributed by atoms with Crippen LogP contribution in [0.1, 0.15) is 116 Å². The summed E-state index contributed by atoms with van der Waals surface area (Å²) < 4.78 is 18.8. The third-order valence-electron chi connectivity index (χ3n) is 6.64. The van der Waals surface area contributed by atoms with E-state index in [9.17, 15) is 0 Å². The van der Waals surface area contributed by atoms with E-state index in [1.165, 1.54) is 68.1 Å². The summed E-state index contributed by atoms with van der Waals surface area (Å²) in [6.45, 7) is 11.9. The molecule has 0 spiro atoms. The van der Waals surface area contributed by atoms with Crippen molar-refractivity contribution in [3.63, 3.8) is 0 Å². The summed E-state index contributed by atoms with van der Waals surface area (Å²) in [6.07, 6.45) is 19.1. The van der Waals surface area contributed by atoms with Gasteiger partial charge in [0.25, 0.3) is 0 Å². The molecule has 32 heavy (non-hydrogen) atoms. The molecule has 1 heterocycles. The third-order valence-corrected chi connectivity index (χ3v) is 7.61. The van der Waals surface area contributed by atoms with Gasteiger partial charge in [0, 0.05) is 5.41 Å². The first-order chi connectivity index (χ1) is 15.6. The Hall–Kier alpha value is -1.05. The smallest absolute Gasteiger partial charge is 0.426 e. The van der Waals surface area contributed by atoms with Crippen LogP contribution in [0, 0.1) is 5.41 Å². The lowest BCUT2D eigenvalue weighted by Gasteiger charge is -2.27. The van der Waals surface area contributed by atoms with Gasteiger partial charge < -0.3 is 9.05 Å². The topological polar surface area (TPSA) is 27.7 Å². The molecule has 0 bridgehead atoms. The minimum Gasteiger partial charge on any atom is -0.426 e. The van der Waals surface area contributed by atoms with Gasteiger partial charge in [0.2, 0.25) is 0 Å². The van der Waals surface area contributed by atoms with Crippen molar-refractivity contribution in [2.75, 3.05) is 6.61 Å². The van der Waals surface area contributed by atoms with Gasteiger partial charge in [0.1, 0.15) is 5.75 Å². The molecule has 182 valence electrons. The summed E-state index contributed by atoms with van der Waals surface area (Å²) in [7, 11) is -1.42. The molecule has 0 radical (unpaired) electrons. The minimum atomic E-state index is -1.42. The lowest BCUT2D eigenvalue weighted by molar-refractivity contribution is 0.164. The van der Waals surface area contributed by atoms with E-state index in [2.05, 4.69) is 52.8 Å². The zero-order chi connectivity index (χ0) is 23.2. The van der Waals surface area contributed by atoms with Crippen molar-refractivity contribution in [1.29, 1.82) is 0 Å². The average molecular weight is 463 g/mol. The van der Waals surface area contributed by atoms with E-state index in [1.807, 2.05) is 6.26 Å². The fourth-order valence-electron chi connectivity index (χ4n) is 4.26. The van der Waals surface area contributed by atoms with Gasteiger partial charge in [-0.25, -0.2) is 0 Å². The standard InChI is InChI=1S/C28H47O3P/c1-6-11-15-24-21-25(16-12-7-2)27(26(22-24)17-13-8-3)31-32-29-20-19-28(10-5,23-30-32)18-14-9-4/h19-22H,6-18,23H2,1-5H3. The second-order valence-corrected chi connectivity index (χ2v) is 10.5. The molecule has 0 amide bonds. The maximum atomic E-state index is 6.56. The van der Waals surface area contributed by atoms with Crippen LogP contribution in [-0.2, 0) is 28.3 Å². The molecule has 0 N–H and O–H groups in total. The summed E-state index contributed by atoms with van der Waals surface area (Å²) in [5.41, 5.74) is 4.19. The van der Waals surface area contributed by atoms with Crippen molar-refractivity contribution < 1.29 is 13.6 Å². The molecule has 1 aliphatic rings. The van der Waals surface area contributed by atoms with Gasteiger partial charge in [-0.3, -0.25) is 4.52 Å². The first-order valence-electron chi connectivity index (χ1n) is 13.2. The molecule has 2 rings (SSSR count). The molecule has 4 heteroatoms. The lowest BCUT2D eigenvalue weighted by Crippen LogP contribution is -2.22. The van der Waals surface area contributed by atoms with Crippen molar-refractivity contribution in [1.82, 2.24) is 0 Å². The number of hydrogen-bond donors (Lipinski definition) is 0. The van der Waals surface area contributed by atoms with E-state index >= 15 is 0 Å². The van der Waals surface area contributed by atoms with Gasteiger partial charge in [0.15, 0.2) is 0 Å². The van der Waals surface area contributed by atoms with Crippen LogP contribution in [0.4, 0.5) is 0 Å². The maximum absolute atomic E-state index is 6.56. The molecule has 3 nitrogen and oxygen atoms in total.